The largest absolute Gasteiger partial charge is 0.308 e. The lowest BCUT2D eigenvalue weighted by Gasteiger charge is -2.09. The van der Waals surface area contributed by atoms with Crippen molar-refractivity contribution in [2.45, 2.75) is 0 Å². The molecule has 84 heavy (non-hydrogen) atoms. The van der Waals surface area contributed by atoms with Gasteiger partial charge in [0.15, 0.2) is 11.3 Å². The monoisotopic (exact) mass is 1070 g/mol. The summed E-state index contributed by atoms with van der Waals surface area (Å²) in [5.41, 5.74) is 22.5. The summed E-state index contributed by atoms with van der Waals surface area (Å²) < 4.78 is 9.27. The molecule has 20 rings (SSSR count). The molecular weight excluding hydrogens is 1030 g/mol. The van der Waals surface area contributed by atoms with Crippen molar-refractivity contribution in [2.75, 3.05) is 0 Å². The molecule has 9 aromatic carbocycles. The highest BCUT2D eigenvalue weighted by Crippen LogP contribution is 2.45. The molecule has 20 aromatic rings. The van der Waals surface area contributed by atoms with Gasteiger partial charge in [0.05, 0.1) is 101 Å². The Morgan fingerprint density at radius 3 is 1.19 bits per heavy atom. The van der Waals surface area contributed by atoms with E-state index in [9.17, 15) is 0 Å². The third-order valence-corrected chi connectivity index (χ3v) is 17.2. The molecule has 0 N–H and O–H groups in total. The second-order valence-corrected chi connectivity index (χ2v) is 21.7. The first-order valence-corrected chi connectivity index (χ1v) is 28.1. The Kier molecular flexibility index (Phi) is 9.09. The highest BCUT2D eigenvalue weighted by atomic mass is 15.1. The van der Waals surface area contributed by atoms with Gasteiger partial charge in [-0.2, -0.15) is 0 Å². The summed E-state index contributed by atoms with van der Waals surface area (Å²) in [4.78, 5) is 34.4. The van der Waals surface area contributed by atoms with Crippen molar-refractivity contribution < 1.29 is 0 Å². The third-order valence-electron chi connectivity index (χ3n) is 17.2. The van der Waals surface area contributed by atoms with Crippen LogP contribution in [0, 0.1) is 0 Å². The van der Waals surface area contributed by atoms with E-state index in [2.05, 4.69) is 169 Å². The number of pyridine rings is 3. The molecule has 11 nitrogen and oxygen atoms in total. The normalized spacial score (nSPS) is 12.3. The van der Waals surface area contributed by atoms with E-state index in [1.54, 1.807) is 6.20 Å². The Balaban J connectivity index is 0.000000124. The Morgan fingerprint density at radius 1 is 0.274 bits per heavy atom. The summed E-state index contributed by atoms with van der Waals surface area (Å²) in [6.45, 7) is 0. The second kappa shape index (κ2) is 16.9. The number of rotatable bonds is 4. The summed E-state index contributed by atoms with van der Waals surface area (Å²) in [5.74, 6) is 0. The zero-order valence-electron chi connectivity index (χ0n) is 44.6. The number of hydrogen-bond donors (Lipinski definition) is 0. The lowest BCUT2D eigenvalue weighted by Crippen LogP contribution is -1.96. The van der Waals surface area contributed by atoms with E-state index in [1.165, 1.54) is 54.1 Å². The SMILES string of the molecule is c1ccc(-c2ccc(-n3c4ccccc4c4cc5c6cccc7c8nc9ccccc9nc8n(c5cc43)c67)cn2)cc1.c1cncc(-c2ccc(-n3c4ccccc4c4cc5c6cccc7c8nc9ccccc9nc8n(c5cc43)c67)cn2)c1. The van der Waals surface area contributed by atoms with Crippen LogP contribution in [-0.2, 0) is 0 Å². The van der Waals surface area contributed by atoms with Gasteiger partial charge < -0.3 is 9.13 Å². The van der Waals surface area contributed by atoms with Crippen LogP contribution in [0.15, 0.2) is 249 Å². The van der Waals surface area contributed by atoms with Crippen molar-refractivity contribution in [3.63, 3.8) is 0 Å². The van der Waals surface area contributed by atoms with Gasteiger partial charge in [0.25, 0.3) is 0 Å². The van der Waals surface area contributed by atoms with Crippen molar-refractivity contribution in [3.8, 4) is 33.9 Å². The van der Waals surface area contributed by atoms with E-state index < -0.39 is 0 Å². The van der Waals surface area contributed by atoms with Gasteiger partial charge >= 0.3 is 0 Å². The first-order valence-electron chi connectivity index (χ1n) is 28.1. The van der Waals surface area contributed by atoms with Crippen LogP contribution >= 0.6 is 0 Å². The predicted octanol–water partition coefficient (Wildman–Crippen LogP) is 17.3. The van der Waals surface area contributed by atoms with Gasteiger partial charge in [0.1, 0.15) is 11.0 Å². The Bertz CT molecular complexity index is 5710. The molecular formula is C73H41N11. The molecule has 0 saturated heterocycles. The van der Waals surface area contributed by atoms with Gasteiger partial charge in [-0.1, -0.05) is 127 Å². The first-order chi connectivity index (χ1) is 41.7. The topological polar surface area (TPSA) is 109 Å². The molecule has 0 bridgehead atoms. The molecule has 0 amide bonds. The zero-order valence-corrected chi connectivity index (χ0v) is 44.6. The van der Waals surface area contributed by atoms with Gasteiger partial charge in [0, 0.05) is 77.4 Å². The highest BCUT2D eigenvalue weighted by Gasteiger charge is 2.25. The molecule has 0 saturated carbocycles. The summed E-state index contributed by atoms with van der Waals surface area (Å²) >= 11 is 0. The van der Waals surface area contributed by atoms with Crippen molar-refractivity contribution in [3.05, 3.63) is 249 Å². The minimum absolute atomic E-state index is 0.888. The first kappa shape index (κ1) is 45.1. The lowest BCUT2D eigenvalue weighted by atomic mass is 10.1. The van der Waals surface area contributed by atoms with E-state index >= 15 is 0 Å². The summed E-state index contributed by atoms with van der Waals surface area (Å²) in [5, 5.41) is 12.0. The van der Waals surface area contributed by atoms with Gasteiger partial charge in [-0.05, 0) is 97.1 Å². The molecule has 0 spiro atoms. The van der Waals surface area contributed by atoms with E-state index in [0.717, 1.165) is 122 Å². The number of para-hydroxylation sites is 8. The fourth-order valence-corrected chi connectivity index (χ4v) is 13.6. The smallest absolute Gasteiger partial charge is 0.165 e. The average Bonchev–Trinajstić information content (AvgIpc) is 2.42. The third kappa shape index (κ3) is 6.26. The van der Waals surface area contributed by atoms with E-state index in [1.807, 2.05) is 97.5 Å². The number of aromatic nitrogens is 11. The number of nitrogens with zero attached hydrogens (tertiary/aromatic N) is 11. The Morgan fingerprint density at radius 2 is 0.702 bits per heavy atom. The minimum atomic E-state index is 0.888. The molecule has 0 aliphatic carbocycles. The Hall–Kier alpha value is -11.7. The van der Waals surface area contributed by atoms with Crippen LogP contribution in [0.25, 0.3) is 176 Å². The maximum Gasteiger partial charge on any atom is 0.165 e. The van der Waals surface area contributed by atoms with Crippen LogP contribution < -0.4 is 0 Å². The molecule has 11 heterocycles. The standard InChI is InChI=1S/C37H21N5.C36H20N6/c1-2-9-22(10-3-1)29-18-17-23(21-38-29)41-32-16-7-4-11-24(32)27-19-28-25-12-8-13-26-35-37(40-31-15-6-5-14-30(31)39-35)42(36(25)26)34(28)20-33(27)41;1-4-13-31-23(8-1)26-17-27-24-9-5-10-25-34-36(40-30-12-3-2-11-29(30)39-34)42(35(24)25)33(27)18-32(26)41(31)22-14-15-28(38-20-22)21-7-6-16-37-19-21/h1-21H;1-20H. The van der Waals surface area contributed by atoms with E-state index in [0.29, 0.717) is 0 Å². The van der Waals surface area contributed by atoms with Crippen LogP contribution in [-0.4, -0.2) is 52.8 Å². The fraction of sp³-hybridized carbons (Fsp3) is 0. The van der Waals surface area contributed by atoms with Crippen LogP contribution in [0.1, 0.15) is 0 Å². The maximum absolute atomic E-state index is 5.14. The van der Waals surface area contributed by atoms with Crippen molar-refractivity contribution in [2.24, 2.45) is 0 Å². The molecule has 0 aliphatic rings. The van der Waals surface area contributed by atoms with E-state index in [-0.39, 0.29) is 0 Å². The minimum Gasteiger partial charge on any atom is -0.308 e. The van der Waals surface area contributed by atoms with Crippen molar-refractivity contribution in [1.82, 2.24) is 52.8 Å². The fourth-order valence-electron chi connectivity index (χ4n) is 13.6. The summed E-state index contributed by atoms with van der Waals surface area (Å²) in [6.07, 6.45) is 7.56. The number of benzene rings is 9. The molecule has 0 aliphatic heterocycles. The van der Waals surface area contributed by atoms with Crippen molar-refractivity contribution >= 4 is 142 Å². The zero-order chi connectivity index (χ0) is 54.7. The average molecular weight is 1070 g/mol. The number of hydrogen-bond acceptors (Lipinski definition) is 7. The molecule has 11 aromatic heterocycles. The molecule has 11 heteroatoms. The molecule has 0 atom stereocenters. The molecule has 388 valence electrons. The second-order valence-electron chi connectivity index (χ2n) is 21.7. The van der Waals surface area contributed by atoms with Crippen LogP contribution in [0.4, 0.5) is 0 Å². The van der Waals surface area contributed by atoms with Crippen LogP contribution in [0.3, 0.4) is 0 Å². The van der Waals surface area contributed by atoms with E-state index in [4.69, 9.17) is 29.9 Å². The summed E-state index contributed by atoms with van der Waals surface area (Å²) in [6, 6.07) is 78.6. The summed E-state index contributed by atoms with van der Waals surface area (Å²) in [7, 11) is 0. The van der Waals surface area contributed by atoms with Crippen LogP contribution in [0.5, 0.6) is 0 Å². The number of fused-ring (bicyclic) bond motifs is 20. The molecule has 0 fully saturated rings. The van der Waals surface area contributed by atoms with Crippen LogP contribution in [0.2, 0.25) is 0 Å². The van der Waals surface area contributed by atoms with Gasteiger partial charge in [0.2, 0.25) is 0 Å². The molecule has 0 unspecified atom stereocenters. The van der Waals surface area contributed by atoms with Crippen molar-refractivity contribution in [1.29, 1.82) is 0 Å². The quantitative estimate of drug-likeness (QED) is 0.173. The maximum atomic E-state index is 5.14. The molecule has 0 radical (unpaired) electrons. The Labute approximate surface area is 475 Å². The van der Waals surface area contributed by atoms with Gasteiger partial charge in [-0.3, -0.25) is 23.8 Å². The van der Waals surface area contributed by atoms with Gasteiger partial charge in [-0.25, -0.2) is 19.9 Å². The lowest BCUT2D eigenvalue weighted by molar-refractivity contribution is 1.14. The van der Waals surface area contributed by atoms with Gasteiger partial charge in [-0.15, -0.1) is 0 Å². The predicted molar refractivity (Wildman–Crippen MR) is 341 cm³/mol. The highest BCUT2D eigenvalue weighted by molar-refractivity contribution is 6.27.